The van der Waals surface area contributed by atoms with E-state index in [0.29, 0.717) is 56.8 Å². The molecule has 0 aliphatic rings. The molecule has 1 N–H and O–H groups in total. The highest BCUT2D eigenvalue weighted by molar-refractivity contribution is 7.99. The molecule has 0 spiro atoms. The lowest BCUT2D eigenvalue weighted by Crippen LogP contribution is -2.30. The molecule has 0 aromatic carbocycles. The van der Waals surface area contributed by atoms with Gasteiger partial charge >= 0.3 is 19.5 Å². The van der Waals surface area contributed by atoms with Gasteiger partial charge in [0.15, 0.2) is 6.10 Å². The van der Waals surface area contributed by atoms with Gasteiger partial charge in [0.05, 0.1) is 24.2 Å². The SMILES string of the molecule is CCCCCCCCCC(=O)OCC(COP(=O)(O)CC(Cc1cn(CCCSC)nn1)Cc1cn(CCCSC)nn1)OC(=O)CCCCCCCCC.CSCCCN=[N+]=[N-].CSCCCN=[N+]=[N-].CSCCCN=[N+]=[N-].CSCCCN=[N+]=[N-]. The zero-order chi connectivity index (χ0) is 65.0. The number of nitrogens with zero attached hydrogens (tertiary/aromatic N) is 18. The first-order chi connectivity index (χ1) is 42.3. The van der Waals surface area contributed by atoms with Crippen LogP contribution in [0.25, 0.3) is 41.8 Å². The number of ether oxygens (including phenoxy) is 2. The number of aromatic nitrogens is 6. The fourth-order valence-corrected chi connectivity index (χ4v) is 11.5. The van der Waals surface area contributed by atoms with Crippen LogP contribution in [0.2, 0.25) is 0 Å². The number of esters is 2. The summed E-state index contributed by atoms with van der Waals surface area (Å²) in [6, 6.07) is 0. The van der Waals surface area contributed by atoms with E-state index in [9.17, 15) is 19.0 Å². The van der Waals surface area contributed by atoms with Gasteiger partial charge in [-0.2, -0.15) is 70.6 Å². The predicted octanol–water partition coefficient (Wildman–Crippen LogP) is 16.9. The smallest absolute Gasteiger partial charge is 0.328 e. The van der Waals surface area contributed by atoms with E-state index in [1.54, 1.807) is 79.9 Å². The van der Waals surface area contributed by atoms with Crippen molar-refractivity contribution in [2.24, 2.45) is 26.4 Å². The number of carbonyl (C=O) groups is 2. The number of azide groups is 4. The molecule has 2 atom stereocenters. The second kappa shape index (κ2) is 70.2. The summed E-state index contributed by atoms with van der Waals surface area (Å²) in [6.07, 6.45) is 37.1. The minimum Gasteiger partial charge on any atom is -0.462 e. The molecule has 500 valence electrons. The van der Waals surface area contributed by atoms with Gasteiger partial charge in [-0.1, -0.05) is 122 Å². The monoisotopic (exact) mass is 1350 g/mol. The second-order valence-corrected chi connectivity index (χ2v) is 27.6. The molecule has 2 heterocycles. The molecule has 32 heteroatoms. The van der Waals surface area contributed by atoms with Crippen LogP contribution in [-0.4, -0.2) is 171 Å². The molecular weight excluding hydrogens is 1250 g/mol. The van der Waals surface area contributed by atoms with Gasteiger partial charge in [-0.15, -0.1) is 10.2 Å². The number of carbonyl (C=O) groups excluding carboxylic acids is 2. The molecule has 0 saturated heterocycles. The van der Waals surface area contributed by atoms with Gasteiger partial charge in [0, 0.05) is 84.2 Å². The Hall–Kier alpha value is -3.29. The van der Waals surface area contributed by atoms with Crippen LogP contribution in [0.15, 0.2) is 32.9 Å². The molecule has 2 aromatic heterocycles. The van der Waals surface area contributed by atoms with Crippen molar-refractivity contribution in [3.8, 4) is 0 Å². The summed E-state index contributed by atoms with van der Waals surface area (Å²) < 4.78 is 34.1. The summed E-state index contributed by atoms with van der Waals surface area (Å²) in [6.45, 7) is 7.80. The summed E-state index contributed by atoms with van der Waals surface area (Å²) in [7, 11) is -4.22. The van der Waals surface area contributed by atoms with Gasteiger partial charge in [-0.05, 0) is 164 Å². The lowest BCUT2D eigenvalue weighted by molar-refractivity contribution is -0.161. The minimum absolute atomic E-state index is 0.178. The Labute approximate surface area is 546 Å². The van der Waals surface area contributed by atoms with Crippen LogP contribution in [0.3, 0.4) is 0 Å². The van der Waals surface area contributed by atoms with Gasteiger partial charge in [0.2, 0.25) is 0 Å². The molecule has 0 aliphatic heterocycles. The predicted molar refractivity (Wildman–Crippen MR) is 372 cm³/mol. The molecule has 0 bridgehead atoms. The molecule has 87 heavy (non-hydrogen) atoms. The van der Waals surface area contributed by atoms with Crippen molar-refractivity contribution in [2.45, 2.75) is 187 Å². The Morgan fingerprint density at radius 3 is 1.23 bits per heavy atom. The van der Waals surface area contributed by atoms with Crippen LogP contribution in [0.4, 0.5) is 0 Å². The Bertz CT molecular complexity index is 2010. The van der Waals surface area contributed by atoms with E-state index in [4.69, 9.17) is 36.1 Å². The molecule has 0 amide bonds. The number of hydrogen-bond acceptors (Lipinski definition) is 20. The van der Waals surface area contributed by atoms with E-state index in [1.807, 2.05) is 37.4 Å². The van der Waals surface area contributed by atoms with Crippen LogP contribution >= 0.6 is 78.2 Å². The van der Waals surface area contributed by atoms with Crippen molar-refractivity contribution in [1.29, 1.82) is 0 Å². The van der Waals surface area contributed by atoms with Crippen LogP contribution in [0, 0.1) is 5.92 Å². The maximum absolute atomic E-state index is 13.7. The average Bonchev–Trinajstić information content (AvgIpc) is 4.18. The molecule has 0 aliphatic carbocycles. The number of hydrogen-bond donors (Lipinski definition) is 1. The fourth-order valence-electron chi connectivity index (χ4n) is 7.57. The molecule has 2 aromatic rings. The summed E-state index contributed by atoms with van der Waals surface area (Å²) in [4.78, 5) is 47.1. The summed E-state index contributed by atoms with van der Waals surface area (Å²) in [5.74, 6) is 5.19. The average molecular weight is 1360 g/mol. The maximum atomic E-state index is 13.7. The normalized spacial score (nSPS) is 11.4. The van der Waals surface area contributed by atoms with Crippen molar-refractivity contribution < 1.29 is 33.0 Å². The summed E-state index contributed by atoms with van der Waals surface area (Å²) in [5, 5.41) is 30.7. The van der Waals surface area contributed by atoms with Gasteiger partial charge in [0.1, 0.15) is 6.61 Å². The van der Waals surface area contributed by atoms with Crippen LogP contribution in [0.1, 0.15) is 166 Å². The largest absolute Gasteiger partial charge is 0.462 e. The maximum Gasteiger partial charge on any atom is 0.328 e. The highest BCUT2D eigenvalue weighted by Crippen LogP contribution is 2.45. The standard InChI is InChI=1S/C39H71N6O7PS2.4C4H9N3S/c1-5-7-9-11-13-15-17-21-38(46)50-31-37(52-39(47)22-18-16-14-12-10-8-6-2)32-51-53(48,49)33-34(27-35-29-44(42-40-35)23-19-25-54-3)28-36-30-45(43-41-36)24-20-26-55-4;4*1-8-4-2-3-6-7-5/h29-30,34,37H,5-28,31-33H2,1-4H3,(H,48,49);4*2-4H2,1H3. The Morgan fingerprint density at radius 1 is 0.529 bits per heavy atom. The molecule has 25 nitrogen and oxygen atoms in total. The first-order valence-corrected chi connectivity index (χ1v) is 40.5. The molecule has 0 saturated carbocycles. The second-order valence-electron chi connectivity index (χ2n) is 19.8. The minimum atomic E-state index is -4.22. The highest BCUT2D eigenvalue weighted by Gasteiger charge is 2.30. The zero-order valence-corrected chi connectivity index (χ0v) is 59.5. The van der Waals surface area contributed by atoms with E-state index >= 15 is 0 Å². The third-order valence-corrected chi connectivity index (χ3v) is 17.7. The first-order valence-electron chi connectivity index (χ1n) is 30.4. The lowest BCUT2D eigenvalue weighted by atomic mass is 10.0. The van der Waals surface area contributed by atoms with Crippen molar-refractivity contribution in [2.75, 3.05) is 118 Å². The van der Waals surface area contributed by atoms with Crippen molar-refractivity contribution >= 4 is 90.1 Å². The number of unbranched alkanes of at least 4 members (excludes halogenated alkanes) is 12. The highest BCUT2D eigenvalue weighted by atomic mass is 32.2. The van der Waals surface area contributed by atoms with Gasteiger partial charge < -0.3 is 18.9 Å². The van der Waals surface area contributed by atoms with E-state index in [1.165, 1.54) is 38.5 Å². The van der Waals surface area contributed by atoms with E-state index < -0.39 is 19.7 Å². The Kier molecular flexibility index (Phi) is 70.9. The fraction of sp³-hybridized carbons (Fsp3) is 0.891. The van der Waals surface area contributed by atoms with Crippen molar-refractivity contribution in [3.05, 3.63) is 65.6 Å². The van der Waals surface area contributed by atoms with Gasteiger partial charge in [0.25, 0.3) is 0 Å². The van der Waals surface area contributed by atoms with E-state index in [2.05, 4.69) is 87.1 Å². The Balaban J connectivity index is -0.00000177. The summed E-state index contributed by atoms with van der Waals surface area (Å²) in [5.41, 5.74) is 32.7. The van der Waals surface area contributed by atoms with Crippen LogP contribution in [0.5, 0.6) is 0 Å². The van der Waals surface area contributed by atoms with Crippen molar-refractivity contribution in [1.82, 2.24) is 30.0 Å². The molecule has 2 rings (SSSR count). The molecule has 0 fully saturated rings. The third kappa shape index (κ3) is 65.5. The number of rotatable bonds is 52. The first kappa shape index (κ1) is 87.9. The van der Waals surface area contributed by atoms with Crippen LogP contribution in [-0.2, 0) is 54.1 Å². The molecular formula is C55H107N18O7PS6. The summed E-state index contributed by atoms with van der Waals surface area (Å²) >= 11 is 10.6. The zero-order valence-electron chi connectivity index (χ0n) is 53.7. The quantitative estimate of drug-likeness (QED) is 0.0160. The van der Waals surface area contributed by atoms with Crippen molar-refractivity contribution in [3.63, 3.8) is 0 Å². The molecule has 0 radical (unpaired) electrons. The molecule has 2 unspecified atom stereocenters. The van der Waals surface area contributed by atoms with E-state index in [-0.39, 0.29) is 44.1 Å². The van der Waals surface area contributed by atoms with Gasteiger partial charge in [-0.25, -0.2) is 0 Å². The number of thioether (sulfide) groups is 6. The van der Waals surface area contributed by atoms with Crippen LogP contribution < -0.4 is 0 Å². The topological polar surface area (TPSA) is 356 Å². The third-order valence-electron chi connectivity index (χ3n) is 12.0. The Morgan fingerprint density at radius 2 is 0.874 bits per heavy atom. The lowest BCUT2D eigenvalue weighted by Gasteiger charge is -2.22. The number of aryl methyl sites for hydroxylation is 2. The van der Waals surface area contributed by atoms with Gasteiger partial charge in [-0.3, -0.25) is 23.5 Å². The van der Waals surface area contributed by atoms with E-state index in [0.717, 1.165) is 131 Å².